The normalized spacial score (nSPS) is 10.7. The van der Waals surface area contributed by atoms with Crippen molar-refractivity contribution in [1.82, 2.24) is 9.88 Å². The number of thiazole rings is 1. The first-order valence-corrected chi connectivity index (χ1v) is 9.42. The third-order valence-electron chi connectivity index (χ3n) is 3.80. The fraction of sp³-hybridized carbons (Fsp3) is 0.421. The van der Waals surface area contributed by atoms with E-state index in [0.29, 0.717) is 28.9 Å². The van der Waals surface area contributed by atoms with Crippen LogP contribution in [-0.2, 0) is 4.79 Å². The maximum Gasteiger partial charge on any atom is 0.254 e. The molecule has 6 nitrogen and oxygen atoms in total. The summed E-state index contributed by atoms with van der Waals surface area (Å²) in [7, 11) is 1.58. The number of ether oxygens (including phenoxy) is 1. The summed E-state index contributed by atoms with van der Waals surface area (Å²) in [5, 5.41) is 5.18. The van der Waals surface area contributed by atoms with Crippen molar-refractivity contribution in [3.05, 3.63) is 40.9 Å². The van der Waals surface area contributed by atoms with Crippen LogP contribution in [0.2, 0.25) is 0 Å². The Labute approximate surface area is 158 Å². The number of aryl methyl sites for hydroxylation is 1. The minimum absolute atomic E-state index is 0.00376. The summed E-state index contributed by atoms with van der Waals surface area (Å²) < 4.78 is 5.13. The van der Waals surface area contributed by atoms with Crippen LogP contribution in [-0.4, -0.2) is 41.9 Å². The molecular formula is C19H25N3O3S. The van der Waals surface area contributed by atoms with E-state index in [9.17, 15) is 9.59 Å². The molecule has 1 N–H and O–H groups in total. The smallest absolute Gasteiger partial charge is 0.254 e. The lowest BCUT2D eigenvalue weighted by Crippen LogP contribution is -2.39. The van der Waals surface area contributed by atoms with Crippen LogP contribution in [0.15, 0.2) is 29.6 Å². The first-order valence-electron chi connectivity index (χ1n) is 8.54. The number of nitrogens with one attached hydrogen (secondary N) is 1. The zero-order valence-electron chi connectivity index (χ0n) is 15.6. The Kier molecular flexibility index (Phi) is 7.15. The summed E-state index contributed by atoms with van der Waals surface area (Å²) in [5.41, 5.74) is 1.39. The number of carbonyl (C=O) groups excluding carboxylic acids is 2. The first kappa shape index (κ1) is 19.9. The van der Waals surface area contributed by atoms with Crippen LogP contribution in [0.4, 0.5) is 5.13 Å². The van der Waals surface area contributed by atoms with E-state index in [1.165, 1.54) is 11.3 Å². The van der Waals surface area contributed by atoms with Gasteiger partial charge in [-0.15, -0.1) is 11.3 Å². The summed E-state index contributed by atoms with van der Waals surface area (Å²) >= 11 is 1.37. The molecule has 1 aromatic carbocycles. The standard InChI is InChI=1S/C19H25N3O3S/c1-13(2)9-10-22(11-17(23)21-19-20-14(3)12-26-19)18(24)15-5-7-16(25-4)8-6-15/h5-8,12-13H,9-11H2,1-4H3,(H,20,21,23). The minimum Gasteiger partial charge on any atom is -0.497 e. The number of rotatable bonds is 8. The van der Waals surface area contributed by atoms with Crippen molar-refractivity contribution in [2.24, 2.45) is 5.92 Å². The topological polar surface area (TPSA) is 71.5 Å². The molecule has 0 fully saturated rings. The number of anilines is 1. The predicted molar refractivity (Wildman–Crippen MR) is 104 cm³/mol. The van der Waals surface area contributed by atoms with Crippen molar-refractivity contribution in [2.75, 3.05) is 25.5 Å². The van der Waals surface area contributed by atoms with Gasteiger partial charge >= 0.3 is 0 Å². The van der Waals surface area contributed by atoms with Gasteiger partial charge in [-0.05, 0) is 43.5 Å². The number of hydrogen-bond donors (Lipinski definition) is 1. The number of benzene rings is 1. The highest BCUT2D eigenvalue weighted by Gasteiger charge is 2.20. The van der Waals surface area contributed by atoms with Crippen molar-refractivity contribution in [2.45, 2.75) is 27.2 Å². The molecule has 0 radical (unpaired) electrons. The van der Waals surface area contributed by atoms with Crippen LogP contribution >= 0.6 is 11.3 Å². The zero-order chi connectivity index (χ0) is 19.1. The highest BCUT2D eigenvalue weighted by Crippen LogP contribution is 2.16. The van der Waals surface area contributed by atoms with Crippen molar-refractivity contribution >= 4 is 28.3 Å². The van der Waals surface area contributed by atoms with E-state index < -0.39 is 0 Å². The highest BCUT2D eigenvalue weighted by molar-refractivity contribution is 7.13. The molecule has 2 rings (SSSR count). The molecule has 0 aliphatic carbocycles. The van der Waals surface area contributed by atoms with Gasteiger partial charge in [-0.1, -0.05) is 13.8 Å². The van der Waals surface area contributed by atoms with Gasteiger partial charge in [-0.2, -0.15) is 0 Å². The van der Waals surface area contributed by atoms with Crippen LogP contribution in [0.3, 0.4) is 0 Å². The third-order valence-corrected chi connectivity index (χ3v) is 4.68. The summed E-state index contributed by atoms with van der Waals surface area (Å²) in [6.45, 7) is 6.57. The maximum atomic E-state index is 12.8. The van der Waals surface area contributed by atoms with Crippen LogP contribution in [0, 0.1) is 12.8 Å². The maximum absolute atomic E-state index is 12.8. The average molecular weight is 375 g/mol. The molecule has 140 valence electrons. The Morgan fingerprint density at radius 1 is 1.27 bits per heavy atom. The fourth-order valence-electron chi connectivity index (χ4n) is 2.33. The molecule has 0 spiro atoms. The van der Waals surface area contributed by atoms with E-state index in [-0.39, 0.29) is 18.4 Å². The number of aromatic nitrogens is 1. The molecule has 1 aromatic heterocycles. The zero-order valence-corrected chi connectivity index (χ0v) is 16.4. The molecule has 2 amide bonds. The molecule has 0 aliphatic rings. The molecule has 0 atom stereocenters. The lowest BCUT2D eigenvalue weighted by molar-refractivity contribution is -0.116. The monoisotopic (exact) mass is 375 g/mol. The lowest BCUT2D eigenvalue weighted by Gasteiger charge is -2.23. The molecule has 7 heteroatoms. The van der Waals surface area contributed by atoms with Gasteiger partial charge in [-0.25, -0.2) is 4.98 Å². The van der Waals surface area contributed by atoms with Crippen LogP contribution in [0.1, 0.15) is 36.3 Å². The summed E-state index contributed by atoms with van der Waals surface area (Å²) in [4.78, 5) is 31.0. The third kappa shape index (κ3) is 5.84. The molecular weight excluding hydrogens is 350 g/mol. The highest BCUT2D eigenvalue weighted by atomic mass is 32.1. The van der Waals surface area contributed by atoms with Crippen LogP contribution in [0.5, 0.6) is 5.75 Å². The molecule has 26 heavy (non-hydrogen) atoms. The van der Waals surface area contributed by atoms with Crippen molar-refractivity contribution < 1.29 is 14.3 Å². The second-order valence-electron chi connectivity index (χ2n) is 6.48. The van der Waals surface area contributed by atoms with E-state index in [4.69, 9.17) is 4.74 Å². The Hall–Kier alpha value is -2.41. The van der Waals surface area contributed by atoms with Gasteiger partial charge in [0.15, 0.2) is 5.13 Å². The van der Waals surface area contributed by atoms with Gasteiger partial charge in [-0.3, -0.25) is 9.59 Å². The predicted octanol–water partition coefficient (Wildman–Crippen LogP) is 3.59. The molecule has 0 unspecified atom stereocenters. The van der Waals surface area contributed by atoms with Gasteiger partial charge in [0.05, 0.1) is 12.8 Å². The number of carbonyl (C=O) groups is 2. The lowest BCUT2D eigenvalue weighted by atomic mass is 10.1. The van der Waals surface area contributed by atoms with Gasteiger partial charge in [0.1, 0.15) is 12.3 Å². The molecule has 0 saturated heterocycles. The van der Waals surface area contributed by atoms with Gasteiger partial charge < -0.3 is 15.0 Å². The molecule has 0 bridgehead atoms. The van der Waals surface area contributed by atoms with Gasteiger partial charge in [0, 0.05) is 17.5 Å². The van der Waals surface area contributed by atoms with Gasteiger partial charge in [0.25, 0.3) is 5.91 Å². The molecule has 2 aromatic rings. The summed E-state index contributed by atoms with van der Waals surface area (Å²) in [6.07, 6.45) is 0.825. The largest absolute Gasteiger partial charge is 0.497 e. The minimum atomic E-state index is -0.245. The summed E-state index contributed by atoms with van der Waals surface area (Å²) in [6, 6.07) is 6.91. The van der Waals surface area contributed by atoms with Crippen molar-refractivity contribution in [1.29, 1.82) is 0 Å². The number of hydrogen-bond acceptors (Lipinski definition) is 5. The second kappa shape index (κ2) is 9.33. The first-order chi connectivity index (χ1) is 12.4. The number of amides is 2. The fourth-order valence-corrected chi connectivity index (χ4v) is 3.03. The van der Waals surface area contributed by atoms with Crippen LogP contribution < -0.4 is 10.1 Å². The number of methoxy groups -OCH3 is 1. The Morgan fingerprint density at radius 2 is 1.96 bits per heavy atom. The van der Waals surface area contributed by atoms with Gasteiger partial charge in [0.2, 0.25) is 5.91 Å². The summed E-state index contributed by atoms with van der Waals surface area (Å²) in [5.74, 6) is 0.710. The van der Waals surface area contributed by atoms with E-state index in [1.807, 2.05) is 12.3 Å². The Bertz CT molecular complexity index is 741. The van der Waals surface area contributed by atoms with E-state index >= 15 is 0 Å². The van der Waals surface area contributed by atoms with Crippen LogP contribution in [0.25, 0.3) is 0 Å². The average Bonchev–Trinajstić information content (AvgIpc) is 3.02. The van der Waals surface area contributed by atoms with E-state index in [1.54, 1.807) is 36.3 Å². The van der Waals surface area contributed by atoms with Crippen molar-refractivity contribution in [3.63, 3.8) is 0 Å². The second-order valence-corrected chi connectivity index (χ2v) is 7.34. The van der Waals surface area contributed by atoms with Crippen molar-refractivity contribution in [3.8, 4) is 5.75 Å². The quantitative estimate of drug-likeness (QED) is 0.765. The van der Waals surface area contributed by atoms with E-state index in [2.05, 4.69) is 24.1 Å². The molecule has 1 heterocycles. The SMILES string of the molecule is COc1ccc(C(=O)N(CCC(C)C)CC(=O)Nc2nc(C)cs2)cc1. The molecule has 0 saturated carbocycles. The molecule has 0 aliphatic heterocycles. The Balaban J connectivity index is 2.07. The van der Waals surface area contributed by atoms with E-state index in [0.717, 1.165) is 12.1 Å². The Morgan fingerprint density at radius 3 is 2.50 bits per heavy atom. The number of nitrogens with zero attached hydrogens (tertiary/aromatic N) is 2.